The fraction of sp³-hybridized carbons (Fsp3) is 0.800. The third-order valence-electron chi connectivity index (χ3n) is 2.55. The highest BCUT2D eigenvalue weighted by atomic mass is 16.5. The molecule has 0 aliphatic carbocycles. The lowest BCUT2D eigenvalue weighted by Gasteiger charge is -2.30. The molecular weight excluding hydrogens is 226 g/mol. The van der Waals surface area contributed by atoms with Crippen LogP contribution < -0.4 is 10.6 Å². The fourth-order valence-electron chi connectivity index (χ4n) is 1.51. The van der Waals surface area contributed by atoms with Gasteiger partial charge in [-0.05, 0) is 14.0 Å². The van der Waals surface area contributed by atoms with Gasteiger partial charge in [0.2, 0.25) is 0 Å². The smallest absolute Gasteiger partial charge is 0.325 e. The first-order valence-electron chi connectivity index (χ1n) is 5.56. The molecule has 0 bridgehead atoms. The molecule has 1 aliphatic rings. The lowest BCUT2D eigenvalue weighted by atomic mass is 10.3. The zero-order valence-corrected chi connectivity index (χ0v) is 10.1. The Morgan fingerprint density at radius 3 is 2.88 bits per heavy atom. The van der Waals surface area contributed by atoms with Crippen LogP contribution in [0.3, 0.4) is 0 Å². The number of hydrogen-bond acceptors (Lipinski definition) is 4. The Bertz CT molecular complexity index is 285. The number of carboxylic acid groups (broad SMARTS) is 1. The van der Waals surface area contributed by atoms with E-state index in [4.69, 9.17) is 9.84 Å². The van der Waals surface area contributed by atoms with Crippen LogP contribution in [-0.2, 0) is 9.53 Å². The summed E-state index contributed by atoms with van der Waals surface area (Å²) in [5, 5.41) is 13.5. The van der Waals surface area contributed by atoms with Gasteiger partial charge in [0.1, 0.15) is 6.04 Å². The number of carboxylic acids is 1. The van der Waals surface area contributed by atoms with Crippen LogP contribution in [0.15, 0.2) is 0 Å². The first-order chi connectivity index (χ1) is 7.99. The molecule has 98 valence electrons. The van der Waals surface area contributed by atoms with Crippen molar-refractivity contribution in [3.05, 3.63) is 0 Å². The number of carbonyl (C=O) groups excluding carboxylic acids is 1. The summed E-state index contributed by atoms with van der Waals surface area (Å²) >= 11 is 0. The third-order valence-corrected chi connectivity index (χ3v) is 2.55. The monoisotopic (exact) mass is 245 g/mol. The van der Waals surface area contributed by atoms with Crippen molar-refractivity contribution in [2.45, 2.75) is 19.1 Å². The van der Waals surface area contributed by atoms with Crippen molar-refractivity contribution >= 4 is 12.0 Å². The van der Waals surface area contributed by atoms with Gasteiger partial charge in [0.15, 0.2) is 0 Å². The van der Waals surface area contributed by atoms with Gasteiger partial charge in [0.25, 0.3) is 0 Å². The molecule has 2 amide bonds. The molecule has 0 saturated carbocycles. The second kappa shape index (κ2) is 6.41. The third kappa shape index (κ3) is 5.01. The van der Waals surface area contributed by atoms with Crippen LogP contribution in [0.1, 0.15) is 6.92 Å². The molecule has 0 radical (unpaired) electrons. The molecule has 1 fully saturated rings. The summed E-state index contributed by atoms with van der Waals surface area (Å²) < 4.78 is 5.45. The van der Waals surface area contributed by atoms with E-state index in [9.17, 15) is 9.59 Å². The number of hydrogen-bond donors (Lipinski definition) is 3. The van der Waals surface area contributed by atoms with E-state index >= 15 is 0 Å². The van der Waals surface area contributed by atoms with Crippen LogP contribution in [0.25, 0.3) is 0 Å². The molecule has 1 heterocycles. The molecule has 1 aliphatic heterocycles. The lowest BCUT2D eigenvalue weighted by Crippen LogP contribution is -2.50. The summed E-state index contributed by atoms with van der Waals surface area (Å²) in [6.45, 7) is 4.08. The van der Waals surface area contributed by atoms with Crippen LogP contribution in [0.4, 0.5) is 4.79 Å². The van der Waals surface area contributed by atoms with Gasteiger partial charge in [-0.3, -0.25) is 4.79 Å². The van der Waals surface area contributed by atoms with Crippen molar-refractivity contribution in [2.24, 2.45) is 0 Å². The Kier molecular flexibility index (Phi) is 5.17. The summed E-state index contributed by atoms with van der Waals surface area (Å²) in [4.78, 5) is 24.0. The van der Waals surface area contributed by atoms with Crippen LogP contribution in [0, 0.1) is 0 Å². The van der Waals surface area contributed by atoms with E-state index in [1.54, 1.807) is 0 Å². The number of morpholine rings is 1. The van der Waals surface area contributed by atoms with Crippen LogP contribution in [-0.4, -0.2) is 67.4 Å². The van der Waals surface area contributed by atoms with Gasteiger partial charge >= 0.3 is 12.0 Å². The van der Waals surface area contributed by atoms with E-state index in [0.29, 0.717) is 13.2 Å². The average molecular weight is 245 g/mol. The van der Waals surface area contributed by atoms with Crippen molar-refractivity contribution in [3.8, 4) is 0 Å². The van der Waals surface area contributed by atoms with Crippen molar-refractivity contribution in [2.75, 3.05) is 33.3 Å². The van der Waals surface area contributed by atoms with Gasteiger partial charge in [-0.1, -0.05) is 0 Å². The highest BCUT2D eigenvalue weighted by Crippen LogP contribution is 2.01. The minimum atomic E-state index is -1.06. The Morgan fingerprint density at radius 1 is 1.59 bits per heavy atom. The summed E-state index contributed by atoms with van der Waals surface area (Å²) in [6.07, 6.45) is -0.0420. The lowest BCUT2D eigenvalue weighted by molar-refractivity contribution is -0.138. The Labute approximate surface area is 100 Å². The van der Waals surface area contributed by atoms with Crippen LogP contribution in [0.5, 0.6) is 0 Å². The Hall–Kier alpha value is -1.34. The molecule has 17 heavy (non-hydrogen) atoms. The predicted octanol–water partition coefficient (Wildman–Crippen LogP) is -0.911. The number of urea groups is 1. The number of carbonyl (C=O) groups is 2. The van der Waals surface area contributed by atoms with E-state index in [0.717, 1.165) is 13.1 Å². The highest BCUT2D eigenvalue weighted by molar-refractivity contribution is 5.82. The zero-order chi connectivity index (χ0) is 12.8. The maximum Gasteiger partial charge on any atom is 0.325 e. The molecule has 0 spiro atoms. The number of nitrogens with zero attached hydrogens (tertiary/aromatic N) is 1. The maximum absolute atomic E-state index is 11.3. The number of ether oxygens (including phenoxy) is 1. The van der Waals surface area contributed by atoms with E-state index in [2.05, 4.69) is 15.5 Å². The van der Waals surface area contributed by atoms with E-state index < -0.39 is 18.0 Å². The van der Waals surface area contributed by atoms with Gasteiger partial charge < -0.3 is 25.4 Å². The molecular formula is C10H19N3O4. The van der Waals surface area contributed by atoms with Gasteiger partial charge in [0, 0.05) is 19.6 Å². The molecule has 1 saturated heterocycles. The largest absolute Gasteiger partial charge is 0.480 e. The maximum atomic E-state index is 11.3. The minimum Gasteiger partial charge on any atom is -0.480 e. The molecule has 0 aromatic heterocycles. The first kappa shape index (κ1) is 13.7. The van der Waals surface area contributed by atoms with Crippen LogP contribution >= 0.6 is 0 Å². The van der Waals surface area contributed by atoms with Gasteiger partial charge in [-0.25, -0.2) is 4.79 Å². The zero-order valence-electron chi connectivity index (χ0n) is 10.1. The van der Waals surface area contributed by atoms with Gasteiger partial charge in [0.05, 0.1) is 12.7 Å². The van der Waals surface area contributed by atoms with E-state index in [1.165, 1.54) is 6.92 Å². The van der Waals surface area contributed by atoms with Crippen molar-refractivity contribution in [1.29, 1.82) is 0 Å². The number of aliphatic carboxylic acids is 1. The SMILES string of the molecule is C[C@H](NC(=O)NCC1CN(C)CCO1)C(=O)O. The number of amides is 2. The second-order valence-electron chi connectivity index (χ2n) is 4.17. The van der Waals surface area contributed by atoms with E-state index in [1.807, 2.05) is 7.05 Å². The molecule has 7 heteroatoms. The number of rotatable bonds is 4. The van der Waals surface area contributed by atoms with Crippen molar-refractivity contribution in [1.82, 2.24) is 15.5 Å². The second-order valence-corrected chi connectivity index (χ2v) is 4.17. The normalized spacial score (nSPS) is 22.8. The predicted molar refractivity (Wildman–Crippen MR) is 60.9 cm³/mol. The molecule has 7 nitrogen and oxygen atoms in total. The summed E-state index contributed by atoms with van der Waals surface area (Å²) in [5.41, 5.74) is 0. The summed E-state index contributed by atoms with van der Waals surface area (Å²) in [7, 11) is 1.99. The molecule has 1 unspecified atom stereocenters. The van der Waals surface area contributed by atoms with Crippen molar-refractivity contribution in [3.63, 3.8) is 0 Å². The summed E-state index contributed by atoms with van der Waals surface area (Å²) in [6, 6.07) is -1.39. The standard InChI is InChI=1S/C10H19N3O4/c1-7(9(14)15)12-10(16)11-5-8-6-13(2)3-4-17-8/h7-8H,3-6H2,1-2H3,(H,14,15)(H2,11,12,16)/t7-,8?/m0/s1. The molecule has 0 aromatic rings. The highest BCUT2D eigenvalue weighted by Gasteiger charge is 2.19. The van der Waals surface area contributed by atoms with E-state index in [-0.39, 0.29) is 6.10 Å². The molecule has 2 atom stereocenters. The quantitative estimate of drug-likeness (QED) is 0.596. The first-order valence-corrected chi connectivity index (χ1v) is 5.56. The molecule has 0 aromatic carbocycles. The Morgan fingerprint density at radius 2 is 2.29 bits per heavy atom. The average Bonchev–Trinajstić information content (AvgIpc) is 2.26. The number of likely N-dealkylation sites (N-methyl/N-ethyl adjacent to an activating group) is 1. The topological polar surface area (TPSA) is 90.9 Å². The fourth-order valence-corrected chi connectivity index (χ4v) is 1.51. The molecule has 3 N–H and O–H groups in total. The van der Waals surface area contributed by atoms with Gasteiger partial charge in [-0.2, -0.15) is 0 Å². The van der Waals surface area contributed by atoms with Crippen molar-refractivity contribution < 1.29 is 19.4 Å². The minimum absolute atomic E-state index is 0.0420. The number of nitrogens with one attached hydrogen (secondary N) is 2. The molecule has 1 rings (SSSR count). The Balaban J connectivity index is 2.21. The van der Waals surface area contributed by atoms with Crippen LogP contribution in [0.2, 0.25) is 0 Å². The summed E-state index contributed by atoms with van der Waals surface area (Å²) in [5.74, 6) is -1.06. The van der Waals surface area contributed by atoms with Gasteiger partial charge in [-0.15, -0.1) is 0 Å².